The van der Waals surface area contributed by atoms with E-state index in [-0.39, 0.29) is 29.5 Å². The first-order valence-electron chi connectivity index (χ1n) is 9.56. The second-order valence-electron chi connectivity index (χ2n) is 6.98. The van der Waals surface area contributed by atoms with E-state index < -0.39 is 15.9 Å². The number of hydrogen-bond donors (Lipinski definition) is 3. The molecule has 0 atom stereocenters. The first kappa shape index (κ1) is 22.3. The lowest BCUT2D eigenvalue weighted by Gasteiger charge is -2.11. The largest absolute Gasteiger partial charge is 0.459 e. The minimum absolute atomic E-state index is 0.0452. The summed E-state index contributed by atoms with van der Waals surface area (Å²) in [6.07, 6.45) is 1.35. The standard InChI is InChI=1S/C22H23N3O5S/c1-15-8-9-16(2)20(13-15)31(28,29)23-11-10-21(26)24-17-5-3-6-18(14-17)25-22(27)19-7-4-12-30-19/h3-9,12-14,23H,10-11H2,1-2H3,(H,24,26)(H,25,27). The Hall–Kier alpha value is -3.43. The lowest BCUT2D eigenvalue weighted by molar-refractivity contribution is -0.116. The molecule has 1 aromatic heterocycles. The summed E-state index contributed by atoms with van der Waals surface area (Å²) in [6.45, 7) is 3.49. The summed E-state index contributed by atoms with van der Waals surface area (Å²) >= 11 is 0. The van der Waals surface area contributed by atoms with Gasteiger partial charge in [0.2, 0.25) is 15.9 Å². The van der Waals surface area contributed by atoms with E-state index in [0.29, 0.717) is 16.9 Å². The average Bonchev–Trinajstić information content (AvgIpc) is 3.25. The predicted molar refractivity (Wildman–Crippen MR) is 117 cm³/mol. The molecule has 0 saturated carbocycles. The zero-order valence-electron chi connectivity index (χ0n) is 17.1. The van der Waals surface area contributed by atoms with Gasteiger partial charge in [0.25, 0.3) is 5.91 Å². The third-order valence-electron chi connectivity index (χ3n) is 4.43. The fourth-order valence-electron chi connectivity index (χ4n) is 2.87. The Morgan fingerprint density at radius 3 is 2.39 bits per heavy atom. The van der Waals surface area contributed by atoms with E-state index in [1.165, 1.54) is 6.26 Å². The van der Waals surface area contributed by atoms with Crippen LogP contribution in [0.15, 0.2) is 70.2 Å². The molecular weight excluding hydrogens is 418 g/mol. The summed E-state index contributed by atoms with van der Waals surface area (Å²) in [4.78, 5) is 24.5. The monoisotopic (exact) mass is 441 g/mol. The van der Waals surface area contributed by atoms with Crippen molar-refractivity contribution in [3.05, 3.63) is 77.7 Å². The third kappa shape index (κ3) is 6.03. The lowest BCUT2D eigenvalue weighted by atomic mass is 10.2. The van der Waals surface area contributed by atoms with Crippen LogP contribution in [0.1, 0.15) is 28.1 Å². The molecule has 2 amide bonds. The molecule has 3 aromatic rings. The molecule has 1 heterocycles. The van der Waals surface area contributed by atoms with E-state index in [4.69, 9.17) is 4.42 Å². The first-order valence-corrected chi connectivity index (χ1v) is 11.0. The van der Waals surface area contributed by atoms with Crippen molar-refractivity contribution in [3.63, 3.8) is 0 Å². The van der Waals surface area contributed by atoms with Crippen molar-refractivity contribution in [2.24, 2.45) is 0 Å². The maximum absolute atomic E-state index is 12.5. The summed E-state index contributed by atoms with van der Waals surface area (Å²) in [5, 5.41) is 5.36. The Labute approximate surface area is 180 Å². The third-order valence-corrected chi connectivity index (χ3v) is 6.03. The zero-order valence-corrected chi connectivity index (χ0v) is 18.0. The number of amides is 2. The summed E-state index contributed by atoms with van der Waals surface area (Å²) < 4.78 is 32.5. The topological polar surface area (TPSA) is 118 Å². The predicted octanol–water partition coefficient (Wildman–Crippen LogP) is 3.46. The van der Waals surface area contributed by atoms with Crippen molar-refractivity contribution in [2.45, 2.75) is 25.2 Å². The van der Waals surface area contributed by atoms with Crippen molar-refractivity contribution in [3.8, 4) is 0 Å². The average molecular weight is 442 g/mol. The van der Waals surface area contributed by atoms with Gasteiger partial charge < -0.3 is 15.1 Å². The van der Waals surface area contributed by atoms with Gasteiger partial charge in [-0.25, -0.2) is 13.1 Å². The van der Waals surface area contributed by atoms with Gasteiger partial charge in [0.1, 0.15) is 0 Å². The van der Waals surface area contributed by atoms with Crippen molar-refractivity contribution in [1.82, 2.24) is 4.72 Å². The van der Waals surface area contributed by atoms with Crippen LogP contribution in [0.5, 0.6) is 0 Å². The van der Waals surface area contributed by atoms with Gasteiger partial charge in [-0.2, -0.15) is 0 Å². The quantitative estimate of drug-likeness (QED) is 0.495. The van der Waals surface area contributed by atoms with E-state index >= 15 is 0 Å². The molecule has 9 heteroatoms. The highest BCUT2D eigenvalue weighted by atomic mass is 32.2. The Morgan fingerprint density at radius 2 is 1.68 bits per heavy atom. The molecule has 0 aliphatic heterocycles. The van der Waals surface area contributed by atoms with E-state index in [0.717, 1.165) is 5.56 Å². The number of carbonyl (C=O) groups is 2. The Balaban J connectivity index is 1.54. The fourth-order valence-corrected chi connectivity index (χ4v) is 4.23. The minimum Gasteiger partial charge on any atom is -0.459 e. The molecule has 3 rings (SSSR count). The van der Waals surface area contributed by atoms with Crippen molar-refractivity contribution < 1.29 is 22.4 Å². The Kier molecular flexibility index (Phi) is 6.88. The maximum Gasteiger partial charge on any atom is 0.291 e. The normalized spacial score (nSPS) is 11.2. The number of rotatable bonds is 8. The van der Waals surface area contributed by atoms with Gasteiger partial charge in [-0.3, -0.25) is 9.59 Å². The van der Waals surface area contributed by atoms with Crippen molar-refractivity contribution >= 4 is 33.2 Å². The molecule has 0 fully saturated rings. The maximum atomic E-state index is 12.5. The van der Waals surface area contributed by atoms with Gasteiger partial charge in [0.15, 0.2) is 5.76 Å². The molecule has 3 N–H and O–H groups in total. The van der Waals surface area contributed by atoms with Gasteiger partial charge in [0, 0.05) is 24.3 Å². The molecule has 2 aromatic carbocycles. The molecule has 0 aliphatic rings. The van der Waals surface area contributed by atoms with Crippen LogP contribution in [-0.2, 0) is 14.8 Å². The first-order chi connectivity index (χ1) is 14.7. The van der Waals surface area contributed by atoms with Crippen LogP contribution < -0.4 is 15.4 Å². The van der Waals surface area contributed by atoms with E-state index in [1.807, 2.05) is 13.0 Å². The lowest BCUT2D eigenvalue weighted by Crippen LogP contribution is -2.28. The molecule has 31 heavy (non-hydrogen) atoms. The fraction of sp³-hybridized carbons (Fsp3) is 0.182. The Bertz CT molecular complexity index is 1190. The number of sulfonamides is 1. The number of benzene rings is 2. The van der Waals surface area contributed by atoms with Gasteiger partial charge >= 0.3 is 0 Å². The summed E-state index contributed by atoms with van der Waals surface area (Å²) in [5.41, 5.74) is 2.42. The van der Waals surface area contributed by atoms with E-state index in [9.17, 15) is 18.0 Å². The summed E-state index contributed by atoms with van der Waals surface area (Å²) in [7, 11) is -3.71. The van der Waals surface area contributed by atoms with Crippen molar-refractivity contribution in [1.29, 1.82) is 0 Å². The molecule has 0 aliphatic carbocycles. The number of aryl methyl sites for hydroxylation is 2. The molecule has 0 spiro atoms. The van der Waals surface area contributed by atoms with Crippen LogP contribution in [-0.4, -0.2) is 26.8 Å². The van der Waals surface area contributed by atoms with Gasteiger partial charge in [0.05, 0.1) is 11.2 Å². The number of carbonyl (C=O) groups excluding carboxylic acids is 2. The Morgan fingerprint density at radius 1 is 0.935 bits per heavy atom. The molecule has 162 valence electrons. The summed E-state index contributed by atoms with van der Waals surface area (Å²) in [6, 6.07) is 15.0. The van der Waals surface area contributed by atoms with E-state index in [2.05, 4.69) is 15.4 Å². The zero-order chi connectivity index (χ0) is 22.4. The highest BCUT2D eigenvalue weighted by Gasteiger charge is 2.17. The smallest absolute Gasteiger partial charge is 0.291 e. The SMILES string of the molecule is Cc1ccc(C)c(S(=O)(=O)NCCC(=O)Nc2cccc(NC(=O)c3ccco3)c2)c1. The van der Waals surface area contributed by atoms with Gasteiger partial charge in [-0.15, -0.1) is 0 Å². The van der Waals surface area contributed by atoms with Crippen LogP contribution in [0.3, 0.4) is 0 Å². The van der Waals surface area contributed by atoms with Crippen LogP contribution in [0.4, 0.5) is 11.4 Å². The van der Waals surface area contributed by atoms with Gasteiger partial charge in [-0.1, -0.05) is 18.2 Å². The van der Waals surface area contributed by atoms with Gasteiger partial charge in [-0.05, 0) is 61.4 Å². The number of anilines is 2. The molecule has 8 nitrogen and oxygen atoms in total. The molecule has 0 radical (unpaired) electrons. The highest BCUT2D eigenvalue weighted by Crippen LogP contribution is 2.18. The van der Waals surface area contributed by atoms with Crippen LogP contribution in [0.25, 0.3) is 0 Å². The highest BCUT2D eigenvalue weighted by molar-refractivity contribution is 7.89. The summed E-state index contributed by atoms with van der Waals surface area (Å²) in [5.74, 6) is -0.599. The van der Waals surface area contributed by atoms with Crippen molar-refractivity contribution in [2.75, 3.05) is 17.2 Å². The molecular formula is C22H23N3O5S. The number of hydrogen-bond acceptors (Lipinski definition) is 5. The molecule has 0 unspecified atom stereocenters. The van der Waals surface area contributed by atoms with Crippen LogP contribution in [0, 0.1) is 13.8 Å². The van der Waals surface area contributed by atoms with E-state index in [1.54, 1.807) is 55.5 Å². The second kappa shape index (κ2) is 9.59. The van der Waals surface area contributed by atoms with Crippen LogP contribution >= 0.6 is 0 Å². The van der Waals surface area contributed by atoms with Crippen LogP contribution in [0.2, 0.25) is 0 Å². The molecule has 0 bridgehead atoms. The number of furan rings is 1. The minimum atomic E-state index is -3.71. The second-order valence-corrected chi connectivity index (χ2v) is 8.71. The molecule has 0 saturated heterocycles. The number of nitrogens with one attached hydrogen (secondary N) is 3.